The number of carbonyl (C=O) groups excluding carboxylic acids is 3. The molecule has 0 aromatic heterocycles. The van der Waals surface area contributed by atoms with E-state index >= 15 is 0 Å². The zero-order valence-electron chi connectivity index (χ0n) is 12.1. The summed E-state index contributed by atoms with van der Waals surface area (Å²) in [5.74, 6) is -1.89. The van der Waals surface area contributed by atoms with Crippen molar-refractivity contribution in [2.24, 2.45) is 0 Å². The van der Waals surface area contributed by atoms with Crippen molar-refractivity contribution >= 4 is 17.3 Å². The summed E-state index contributed by atoms with van der Waals surface area (Å²) in [5, 5.41) is 19.7. The van der Waals surface area contributed by atoms with Crippen molar-refractivity contribution < 1.29 is 24.6 Å². The number of carbonyl (C=O) groups is 3. The predicted octanol–water partition coefficient (Wildman–Crippen LogP) is 2.73. The molecular weight excluding hydrogens is 284 g/mol. The Kier molecular flexibility index (Phi) is 4.08. The fourth-order valence-corrected chi connectivity index (χ4v) is 2.13. The molecule has 0 amide bonds. The third-order valence-corrected chi connectivity index (χ3v) is 3.30. The van der Waals surface area contributed by atoms with Crippen molar-refractivity contribution in [3.05, 3.63) is 58.7 Å². The van der Waals surface area contributed by atoms with E-state index in [1.165, 1.54) is 50.2 Å². The van der Waals surface area contributed by atoms with Gasteiger partial charge < -0.3 is 10.2 Å². The van der Waals surface area contributed by atoms with Gasteiger partial charge in [0, 0.05) is 5.56 Å². The van der Waals surface area contributed by atoms with Gasteiger partial charge in [-0.2, -0.15) is 0 Å². The van der Waals surface area contributed by atoms with Crippen LogP contribution < -0.4 is 0 Å². The van der Waals surface area contributed by atoms with E-state index < -0.39 is 11.5 Å². The molecule has 112 valence electrons. The van der Waals surface area contributed by atoms with Crippen LogP contribution in [-0.2, 0) is 0 Å². The van der Waals surface area contributed by atoms with Gasteiger partial charge in [-0.3, -0.25) is 14.4 Å². The minimum atomic E-state index is -0.539. The number of benzene rings is 2. The highest BCUT2D eigenvalue weighted by Gasteiger charge is 2.19. The SMILES string of the molecule is CC(=O)c1cc(C(=O)c2cccc(C(C)=O)c2O)ccc1O. The summed E-state index contributed by atoms with van der Waals surface area (Å²) in [6.45, 7) is 2.56. The van der Waals surface area contributed by atoms with E-state index in [1.54, 1.807) is 0 Å². The number of phenols is 2. The highest BCUT2D eigenvalue weighted by Crippen LogP contribution is 2.27. The molecule has 0 unspecified atom stereocenters. The number of hydrogen-bond acceptors (Lipinski definition) is 5. The molecule has 2 aromatic rings. The molecule has 22 heavy (non-hydrogen) atoms. The summed E-state index contributed by atoms with van der Waals surface area (Å²) < 4.78 is 0. The predicted molar refractivity (Wildman–Crippen MR) is 79.7 cm³/mol. The maximum atomic E-state index is 12.5. The molecule has 0 atom stereocenters. The van der Waals surface area contributed by atoms with Crippen molar-refractivity contribution in [2.45, 2.75) is 13.8 Å². The van der Waals surface area contributed by atoms with Crippen LogP contribution in [0.25, 0.3) is 0 Å². The lowest BCUT2D eigenvalue weighted by molar-refractivity contribution is 0.100. The van der Waals surface area contributed by atoms with E-state index in [4.69, 9.17) is 0 Å². The van der Waals surface area contributed by atoms with Gasteiger partial charge in [0.05, 0.1) is 16.7 Å². The number of ketones is 3. The molecule has 0 aliphatic carbocycles. The van der Waals surface area contributed by atoms with Gasteiger partial charge in [0.2, 0.25) is 0 Å². The third kappa shape index (κ3) is 2.74. The zero-order valence-corrected chi connectivity index (χ0v) is 12.1. The van der Waals surface area contributed by atoms with Crippen molar-refractivity contribution in [3.8, 4) is 11.5 Å². The van der Waals surface area contributed by atoms with Crippen molar-refractivity contribution in [1.29, 1.82) is 0 Å². The Balaban J connectivity index is 2.54. The Labute approximate surface area is 126 Å². The summed E-state index contributed by atoms with van der Waals surface area (Å²) in [6, 6.07) is 8.17. The van der Waals surface area contributed by atoms with Crippen LogP contribution in [0.5, 0.6) is 11.5 Å². The molecule has 0 heterocycles. The second-order valence-corrected chi connectivity index (χ2v) is 4.88. The first-order valence-corrected chi connectivity index (χ1v) is 6.54. The lowest BCUT2D eigenvalue weighted by atomic mass is 9.96. The molecule has 2 N–H and O–H groups in total. The van der Waals surface area contributed by atoms with Crippen molar-refractivity contribution in [2.75, 3.05) is 0 Å². The Hall–Kier alpha value is -2.95. The summed E-state index contributed by atoms with van der Waals surface area (Å²) in [7, 11) is 0. The number of hydrogen-bond donors (Lipinski definition) is 2. The molecule has 0 aliphatic heterocycles. The lowest BCUT2D eigenvalue weighted by Crippen LogP contribution is -2.06. The molecule has 0 fully saturated rings. The molecule has 0 spiro atoms. The van der Waals surface area contributed by atoms with Gasteiger partial charge in [-0.15, -0.1) is 0 Å². The fraction of sp³-hybridized carbons (Fsp3) is 0.118. The minimum Gasteiger partial charge on any atom is -0.507 e. The van der Waals surface area contributed by atoms with Crippen molar-refractivity contribution in [1.82, 2.24) is 0 Å². The number of aromatic hydroxyl groups is 2. The lowest BCUT2D eigenvalue weighted by Gasteiger charge is -2.08. The number of para-hydroxylation sites is 1. The van der Waals surface area contributed by atoms with Gasteiger partial charge in [0.25, 0.3) is 0 Å². The molecule has 2 aromatic carbocycles. The standard InChI is InChI=1S/C17H14O5/c1-9(18)12-4-3-5-13(17(12)22)16(21)11-6-7-15(20)14(8-11)10(2)19/h3-8,20,22H,1-2H3. The number of rotatable bonds is 4. The average Bonchev–Trinajstić information content (AvgIpc) is 2.46. The van der Waals surface area contributed by atoms with Crippen LogP contribution in [0, 0.1) is 0 Å². The first-order chi connectivity index (χ1) is 10.3. The van der Waals surface area contributed by atoms with Crippen molar-refractivity contribution in [3.63, 3.8) is 0 Å². The summed E-state index contributed by atoms with van der Waals surface area (Å²) in [6.07, 6.45) is 0. The molecule has 0 saturated carbocycles. The molecule has 5 heteroatoms. The Morgan fingerprint density at radius 3 is 2.00 bits per heavy atom. The summed E-state index contributed by atoms with van der Waals surface area (Å²) in [5.41, 5.74) is 0.177. The molecule has 0 aliphatic rings. The summed E-state index contributed by atoms with van der Waals surface area (Å²) >= 11 is 0. The van der Waals surface area contributed by atoms with Gasteiger partial charge in [-0.05, 0) is 44.2 Å². The number of phenolic OH excluding ortho intramolecular Hbond substituents is 2. The van der Waals surface area contributed by atoms with Gasteiger partial charge in [0.1, 0.15) is 11.5 Å². The first kappa shape index (κ1) is 15.4. The van der Waals surface area contributed by atoms with Gasteiger partial charge in [0.15, 0.2) is 17.3 Å². The van der Waals surface area contributed by atoms with Gasteiger partial charge in [-0.25, -0.2) is 0 Å². The van der Waals surface area contributed by atoms with E-state index in [9.17, 15) is 24.6 Å². The molecular formula is C17H14O5. The van der Waals surface area contributed by atoms with E-state index in [1.807, 2.05) is 0 Å². The summed E-state index contributed by atoms with van der Waals surface area (Å²) in [4.78, 5) is 35.3. The first-order valence-electron chi connectivity index (χ1n) is 6.54. The largest absolute Gasteiger partial charge is 0.507 e. The van der Waals surface area contributed by atoms with E-state index in [-0.39, 0.29) is 39.6 Å². The van der Waals surface area contributed by atoms with E-state index in [0.29, 0.717) is 0 Å². The molecule has 0 radical (unpaired) electrons. The highest BCUT2D eigenvalue weighted by molar-refractivity contribution is 6.13. The van der Waals surface area contributed by atoms with Gasteiger partial charge in [-0.1, -0.05) is 6.07 Å². The van der Waals surface area contributed by atoms with Crippen LogP contribution in [0.3, 0.4) is 0 Å². The Morgan fingerprint density at radius 1 is 0.818 bits per heavy atom. The minimum absolute atomic E-state index is 0.0214. The van der Waals surface area contributed by atoms with Crippen LogP contribution in [0.1, 0.15) is 50.5 Å². The van der Waals surface area contributed by atoms with Crippen LogP contribution in [-0.4, -0.2) is 27.6 Å². The molecule has 0 saturated heterocycles. The maximum absolute atomic E-state index is 12.5. The Morgan fingerprint density at radius 2 is 1.41 bits per heavy atom. The topological polar surface area (TPSA) is 91.7 Å². The molecule has 0 bridgehead atoms. The third-order valence-electron chi connectivity index (χ3n) is 3.30. The fourth-order valence-electron chi connectivity index (χ4n) is 2.13. The van der Waals surface area contributed by atoms with Crippen LogP contribution in [0.4, 0.5) is 0 Å². The maximum Gasteiger partial charge on any atom is 0.196 e. The highest BCUT2D eigenvalue weighted by atomic mass is 16.3. The quantitative estimate of drug-likeness (QED) is 0.847. The van der Waals surface area contributed by atoms with Crippen LogP contribution in [0.2, 0.25) is 0 Å². The molecule has 2 rings (SSSR count). The van der Waals surface area contributed by atoms with E-state index in [2.05, 4.69) is 0 Å². The monoisotopic (exact) mass is 298 g/mol. The van der Waals surface area contributed by atoms with E-state index in [0.717, 1.165) is 0 Å². The molecule has 5 nitrogen and oxygen atoms in total. The smallest absolute Gasteiger partial charge is 0.196 e. The van der Waals surface area contributed by atoms with Crippen LogP contribution >= 0.6 is 0 Å². The number of Topliss-reactive ketones (excluding diaryl/α,β-unsaturated/α-hetero) is 2. The zero-order chi connectivity index (χ0) is 16.4. The average molecular weight is 298 g/mol. The normalized spacial score (nSPS) is 10.3. The Bertz CT molecular complexity index is 790. The van der Waals surface area contributed by atoms with Crippen LogP contribution in [0.15, 0.2) is 36.4 Å². The second-order valence-electron chi connectivity index (χ2n) is 4.88. The van der Waals surface area contributed by atoms with Gasteiger partial charge >= 0.3 is 0 Å². The second kappa shape index (κ2) is 5.81.